The van der Waals surface area contributed by atoms with Crippen LogP contribution in [0.2, 0.25) is 0 Å². The first-order valence-electron chi connectivity index (χ1n) is 8.03. The van der Waals surface area contributed by atoms with Crippen molar-refractivity contribution >= 4 is 17.5 Å². The van der Waals surface area contributed by atoms with E-state index in [1.807, 2.05) is 25.1 Å². The van der Waals surface area contributed by atoms with E-state index >= 15 is 0 Å². The minimum absolute atomic E-state index is 0.0983. The Morgan fingerprint density at radius 2 is 1.75 bits per heavy atom. The van der Waals surface area contributed by atoms with Gasteiger partial charge in [0.1, 0.15) is 18.1 Å². The Kier molecular flexibility index (Phi) is 6.21. The molecule has 0 unspecified atom stereocenters. The summed E-state index contributed by atoms with van der Waals surface area (Å²) in [5.41, 5.74) is 5.80. The molecule has 0 amide bonds. The lowest BCUT2D eigenvalue weighted by Gasteiger charge is -2.16. The normalized spacial score (nSPS) is 10.4. The first-order chi connectivity index (χ1) is 11.5. The number of hydrogen-bond acceptors (Lipinski definition) is 4. The zero-order valence-corrected chi connectivity index (χ0v) is 15.8. The lowest BCUT2D eigenvalue weighted by molar-refractivity contribution is 0.287. The lowest BCUT2D eigenvalue weighted by atomic mass is 10.0. The van der Waals surface area contributed by atoms with Gasteiger partial charge in [-0.25, -0.2) is 0 Å². The topological polar surface area (TPSA) is 27.7 Å². The molecular weight excluding hydrogens is 320 g/mol. The Balaban J connectivity index is 2.23. The lowest BCUT2D eigenvalue weighted by Crippen LogP contribution is -2.10. The number of aryl methyl sites for hydroxylation is 4. The van der Waals surface area contributed by atoms with Crippen LogP contribution in [0.1, 0.15) is 34.7 Å². The molecule has 0 atom stereocenters. The van der Waals surface area contributed by atoms with Gasteiger partial charge in [0, 0.05) is 17.8 Å². The maximum Gasteiger partial charge on any atom is 0.357 e. The fourth-order valence-electron chi connectivity index (χ4n) is 2.62. The number of ether oxygens (including phenoxy) is 3. The average molecular weight is 344 g/mol. The molecule has 0 bridgehead atoms. The summed E-state index contributed by atoms with van der Waals surface area (Å²) >= 11 is 5.00. The molecule has 0 aliphatic rings. The second-order valence-corrected chi connectivity index (χ2v) is 6.13. The van der Waals surface area contributed by atoms with E-state index in [1.165, 1.54) is 18.2 Å². The first-order valence-corrected chi connectivity index (χ1v) is 8.44. The van der Waals surface area contributed by atoms with Crippen molar-refractivity contribution in [1.82, 2.24) is 0 Å². The molecule has 2 aromatic carbocycles. The van der Waals surface area contributed by atoms with E-state index in [9.17, 15) is 0 Å². The maximum absolute atomic E-state index is 6.08. The van der Waals surface area contributed by atoms with E-state index in [-0.39, 0.29) is 5.24 Å². The SMILES string of the molecule is CCc1cc(C)c(OCc2c(C)cccc2OC(=S)OC)cc1C. The fourth-order valence-corrected chi connectivity index (χ4v) is 2.71. The van der Waals surface area contributed by atoms with Gasteiger partial charge >= 0.3 is 5.24 Å². The van der Waals surface area contributed by atoms with E-state index in [0.29, 0.717) is 12.4 Å². The van der Waals surface area contributed by atoms with Gasteiger partial charge in [-0.15, -0.1) is 0 Å². The minimum atomic E-state index is 0.0983. The number of hydrogen-bond donors (Lipinski definition) is 0. The predicted molar refractivity (Wildman–Crippen MR) is 101 cm³/mol. The highest BCUT2D eigenvalue weighted by molar-refractivity contribution is 7.79. The molecule has 0 aliphatic carbocycles. The van der Waals surface area contributed by atoms with Gasteiger partial charge in [-0.2, -0.15) is 0 Å². The van der Waals surface area contributed by atoms with Gasteiger partial charge in [-0.1, -0.05) is 25.1 Å². The molecule has 2 rings (SSSR count). The third kappa shape index (κ3) is 4.26. The zero-order valence-electron chi connectivity index (χ0n) is 14.9. The van der Waals surface area contributed by atoms with E-state index < -0.39 is 0 Å². The van der Waals surface area contributed by atoms with Crippen LogP contribution in [-0.4, -0.2) is 12.3 Å². The van der Waals surface area contributed by atoms with Crippen LogP contribution in [-0.2, 0) is 17.8 Å². The predicted octanol–water partition coefficient (Wildman–Crippen LogP) is 5.06. The summed E-state index contributed by atoms with van der Waals surface area (Å²) in [5.74, 6) is 1.56. The fraction of sp³-hybridized carbons (Fsp3) is 0.350. The highest BCUT2D eigenvalue weighted by Crippen LogP contribution is 2.28. The van der Waals surface area contributed by atoms with Gasteiger partial charge in [-0.3, -0.25) is 0 Å². The van der Waals surface area contributed by atoms with Crippen molar-refractivity contribution in [3.8, 4) is 11.5 Å². The third-order valence-electron chi connectivity index (χ3n) is 4.11. The molecule has 0 saturated carbocycles. The highest BCUT2D eigenvalue weighted by atomic mass is 32.1. The largest absolute Gasteiger partial charge is 0.488 e. The molecule has 128 valence electrons. The average Bonchev–Trinajstić information content (AvgIpc) is 2.56. The molecule has 24 heavy (non-hydrogen) atoms. The van der Waals surface area contributed by atoms with E-state index in [2.05, 4.69) is 32.9 Å². The Hall–Kier alpha value is -2.07. The Morgan fingerprint density at radius 1 is 1.00 bits per heavy atom. The van der Waals surface area contributed by atoms with Gasteiger partial charge in [0.15, 0.2) is 0 Å². The second kappa shape index (κ2) is 8.15. The summed E-state index contributed by atoms with van der Waals surface area (Å²) < 4.78 is 16.6. The standard InChI is InChI=1S/C20H24O3S/c1-6-16-10-15(4)19(11-14(16)3)22-12-17-13(2)8-7-9-18(17)23-20(24)21-5/h7-11H,6,12H2,1-5H3. The molecule has 0 fully saturated rings. The molecule has 0 saturated heterocycles. The van der Waals surface area contributed by atoms with Gasteiger partial charge in [0.2, 0.25) is 0 Å². The van der Waals surface area contributed by atoms with Crippen molar-refractivity contribution in [3.05, 3.63) is 58.1 Å². The van der Waals surface area contributed by atoms with Crippen LogP contribution in [0.25, 0.3) is 0 Å². The van der Waals surface area contributed by atoms with Crippen molar-refractivity contribution in [1.29, 1.82) is 0 Å². The molecule has 0 N–H and O–H groups in total. The van der Waals surface area contributed by atoms with Gasteiger partial charge in [0.25, 0.3) is 0 Å². The summed E-state index contributed by atoms with van der Waals surface area (Å²) in [6, 6.07) is 10.1. The maximum atomic E-state index is 6.08. The quantitative estimate of drug-likeness (QED) is 0.708. The molecule has 0 aliphatic heterocycles. The summed E-state index contributed by atoms with van der Waals surface area (Å²) in [7, 11) is 1.50. The van der Waals surface area contributed by atoms with Crippen molar-refractivity contribution in [3.63, 3.8) is 0 Å². The van der Waals surface area contributed by atoms with Crippen LogP contribution in [0, 0.1) is 20.8 Å². The molecule has 3 nitrogen and oxygen atoms in total. The number of thiocarbonyl (C=S) groups is 1. The number of benzene rings is 2. The smallest absolute Gasteiger partial charge is 0.357 e. The Morgan fingerprint density at radius 3 is 2.42 bits per heavy atom. The van der Waals surface area contributed by atoms with Gasteiger partial charge in [0.05, 0.1) is 7.11 Å². The molecule has 2 aromatic rings. The summed E-state index contributed by atoms with van der Waals surface area (Å²) in [5, 5.41) is 0.0983. The Bertz CT molecular complexity index is 738. The van der Waals surface area contributed by atoms with Crippen LogP contribution in [0.5, 0.6) is 11.5 Å². The third-order valence-corrected chi connectivity index (χ3v) is 4.36. The van der Waals surface area contributed by atoms with Gasteiger partial charge in [-0.05, 0) is 61.6 Å². The molecule has 0 heterocycles. The molecule has 0 radical (unpaired) electrons. The van der Waals surface area contributed by atoms with Crippen molar-refractivity contribution in [2.45, 2.75) is 40.7 Å². The first kappa shape index (κ1) is 18.3. The molecule has 4 heteroatoms. The summed E-state index contributed by atoms with van der Waals surface area (Å²) in [6.45, 7) is 8.80. The zero-order chi connectivity index (χ0) is 17.7. The van der Waals surface area contributed by atoms with Crippen molar-refractivity contribution < 1.29 is 14.2 Å². The highest BCUT2D eigenvalue weighted by Gasteiger charge is 2.12. The number of rotatable bonds is 5. The number of methoxy groups -OCH3 is 1. The molecule has 0 spiro atoms. The van der Waals surface area contributed by atoms with Crippen LogP contribution in [0.3, 0.4) is 0 Å². The van der Waals surface area contributed by atoms with Gasteiger partial charge < -0.3 is 14.2 Å². The Labute approximate surface area is 149 Å². The molecular formula is C20H24O3S. The van der Waals surface area contributed by atoms with Crippen LogP contribution in [0.15, 0.2) is 30.3 Å². The van der Waals surface area contributed by atoms with Crippen LogP contribution < -0.4 is 9.47 Å². The second-order valence-electron chi connectivity index (χ2n) is 5.79. The summed E-state index contributed by atoms with van der Waals surface area (Å²) in [4.78, 5) is 0. The summed E-state index contributed by atoms with van der Waals surface area (Å²) in [6.07, 6.45) is 1.02. The van der Waals surface area contributed by atoms with Crippen molar-refractivity contribution in [2.24, 2.45) is 0 Å². The monoisotopic (exact) mass is 344 g/mol. The van der Waals surface area contributed by atoms with E-state index in [4.69, 9.17) is 26.4 Å². The van der Waals surface area contributed by atoms with Crippen LogP contribution >= 0.6 is 12.2 Å². The van der Waals surface area contributed by atoms with E-state index in [0.717, 1.165) is 28.9 Å². The minimum Gasteiger partial charge on any atom is -0.488 e. The molecule has 0 aromatic heterocycles. The van der Waals surface area contributed by atoms with Crippen molar-refractivity contribution in [2.75, 3.05) is 7.11 Å². The van der Waals surface area contributed by atoms with E-state index in [1.54, 1.807) is 0 Å². The van der Waals surface area contributed by atoms with Crippen LogP contribution in [0.4, 0.5) is 0 Å².